The van der Waals surface area contributed by atoms with Crippen LogP contribution < -0.4 is 5.32 Å². The van der Waals surface area contributed by atoms with Crippen LogP contribution in [0, 0.1) is 13.8 Å². The van der Waals surface area contributed by atoms with Gasteiger partial charge in [-0.25, -0.2) is 4.98 Å². The molecule has 5 nitrogen and oxygen atoms in total. The topological polar surface area (TPSA) is 55.1 Å². The first kappa shape index (κ1) is 13.5. The highest BCUT2D eigenvalue weighted by Crippen LogP contribution is 2.23. The Bertz CT molecular complexity index is 748. The molecule has 1 N–H and O–H groups in total. The fourth-order valence-corrected chi connectivity index (χ4v) is 2.51. The molecule has 3 aromatic rings. The van der Waals surface area contributed by atoms with Gasteiger partial charge in [0.2, 0.25) is 0 Å². The van der Waals surface area contributed by atoms with Crippen LogP contribution in [0.25, 0.3) is 5.65 Å². The van der Waals surface area contributed by atoms with Crippen LogP contribution in [0.15, 0.2) is 36.7 Å². The van der Waals surface area contributed by atoms with Gasteiger partial charge in [-0.2, -0.15) is 9.61 Å². The van der Waals surface area contributed by atoms with Crippen LogP contribution in [0.3, 0.4) is 0 Å². The largest absolute Gasteiger partial charge is 0.363 e. The standard InChI is InChI=1S/C16H19N5/c1-4-14(13-5-7-17-8-6-13)19-16-9-11(2)18-15-10-12(3)20-21(15)16/h5-10,14,19H,4H2,1-3H3. The number of hydrogen-bond donors (Lipinski definition) is 1. The Morgan fingerprint density at radius 1 is 1.14 bits per heavy atom. The van der Waals surface area contributed by atoms with Gasteiger partial charge < -0.3 is 5.32 Å². The van der Waals surface area contributed by atoms with Gasteiger partial charge in [-0.15, -0.1) is 0 Å². The van der Waals surface area contributed by atoms with Crippen LogP contribution >= 0.6 is 0 Å². The molecule has 21 heavy (non-hydrogen) atoms. The zero-order valence-electron chi connectivity index (χ0n) is 12.5. The molecule has 0 saturated heterocycles. The summed E-state index contributed by atoms with van der Waals surface area (Å²) in [4.78, 5) is 8.59. The van der Waals surface area contributed by atoms with Crippen molar-refractivity contribution in [1.29, 1.82) is 0 Å². The Labute approximate surface area is 124 Å². The minimum atomic E-state index is 0.225. The molecule has 0 fully saturated rings. The van der Waals surface area contributed by atoms with E-state index in [4.69, 9.17) is 0 Å². The van der Waals surface area contributed by atoms with E-state index in [1.807, 2.05) is 55.0 Å². The number of anilines is 1. The lowest BCUT2D eigenvalue weighted by atomic mass is 10.1. The van der Waals surface area contributed by atoms with E-state index < -0.39 is 0 Å². The highest BCUT2D eigenvalue weighted by molar-refractivity contribution is 5.51. The van der Waals surface area contributed by atoms with E-state index in [1.54, 1.807) is 0 Å². The zero-order valence-corrected chi connectivity index (χ0v) is 12.5. The second kappa shape index (κ2) is 5.52. The van der Waals surface area contributed by atoms with Gasteiger partial charge in [-0.1, -0.05) is 6.92 Å². The number of nitrogens with one attached hydrogen (secondary N) is 1. The molecule has 0 spiro atoms. The minimum Gasteiger partial charge on any atom is -0.363 e. The van der Waals surface area contributed by atoms with Crippen molar-refractivity contribution in [1.82, 2.24) is 19.6 Å². The van der Waals surface area contributed by atoms with E-state index >= 15 is 0 Å². The first-order valence-electron chi connectivity index (χ1n) is 7.18. The smallest absolute Gasteiger partial charge is 0.157 e. The molecule has 0 radical (unpaired) electrons. The maximum Gasteiger partial charge on any atom is 0.157 e. The average Bonchev–Trinajstić information content (AvgIpc) is 2.85. The summed E-state index contributed by atoms with van der Waals surface area (Å²) in [6.07, 6.45) is 4.63. The van der Waals surface area contributed by atoms with Crippen LogP contribution in [0.2, 0.25) is 0 Å². The van der Waals surface area contributed by atoms with Gasteiger partial charge in [0.1, 0.15) is 5.82 Å². The number of nitrogens with zero attached hydrogens (tertiary/aromatic N) is 4. The zero-order chi connectivity index (χ0) is 14.8. The number of hydrogen-bond acceptors (Lipinski definition) is 4. The van der Waals surface area contributed by atoms with Crippen molar-refractivity contribution >= 4 is 11.5 Å². The van der Waals surface area contributed by atoms with Gasteiger partial charge in [0.15, 0.2) is 5.65 Å². The molecular formula is C16H19N5. The van der Waals surface area contributed by atoms with Gasteiger partial charge in [-0.3, -0.25) is 4.98 Å². The molecule has 1 unspecified atom stereocenters. The summed E-state index contributed by atoms with van der Waals surface area (Å²) in [6.45, 7) is 6.15. The molecule has 0 aliphatic rings. The third kappa shape index (κ3) is 2.72. The van der Waals surface area contributed by atoms with Crippen molar-refractivity contribution < 1.29 is 0 Å². The lowest BCUT2D eigenvalue weighted by Crippen LogP contribution is -2.13. The second-order valence-corrected chi connectivity index (χ2v) is 5.22. The van der Waals surface area contributed by atoms with Crippen molar-refractivity contribution in [3.63, 3.8) is 0 Å². The number of aromatic nitrogens is 4. The van der Waals surface area contributed by atoms with Crippen molar-refractivity contribution in [3.8, 4) is 0 Å². The first-order valence-corrected chi connectivity index (χ1v) is 7.18. The fraction of sp³-hybridized carbons (Fsp3) is 0.312. The summed E-state index contributed by atoms with van der Waals surface area (Å²) in [7, 11) is 0. The maximum absolute atomic E-state index is 4.51. The summed E-state index contributed by atoms with van der Waals surface area (Å²) < 4.78 is 1.87. The van der Waals surface area contributed by atoms with Crippen molar-refractivity contribution in [2.24, 2.45) is 0 Å². The lowest BCUT2D eigenvalue weighted by Gasteiger charge is -2.19. The average molecular weight is 281 g/mol. The number of aryl methyl sites for hydroxylation is 2. The Balaban J connectivity index is 2.00. The fourth-order valence-electron chi connectivity index (χ4n) is 2.51. The molecule has 0 aliphatic carbocycles. The van der Waals surface area contributed by atoms with E-state index in [0.29, 0.717) is 0 Å². The summed E-state index contributed by atoms with van der Waals surface area (Å²) >= 11 is 0. The molecule has 0 aromatic carbocycles. The molecule has 3 heterocycles. The highest BCUT2D eigenvalue weighted by Gasteiger charge is 2.12. The third-order valence-electron chi connectivity index (χ3n) is 3.52. The molecule has 3 aromatic heterocycles. The van der Waals surface area contributed by atoms with E-state index in [9.17, 15) is 0 Å². The summed E-state index contributed by atoms with van der Waals surface area (Å²) in [6, 6.07) is 8.33. The molecule has 0 saturated carbocycles. The predicted molar refractivity (Wildman–Crippen MR) is 83.4 cm³/mol. The van der Waals surface area contributed by atoms with E-state index in [1.165, 1.54) is 5.56 Å². The Morgan fingerprint density at radius 2 is 1.90 bits per heavy atom. The monoisotopic (exact) mass is 281 g/mol. The molecule has 5 heteroatoms. The molecule has 108 valence electrons. The van der Waals surface area contributed by atoms with E-state index in [2.05, 4.69) is 27.3 Å². The Kier molecular flexibility index (Phi) is 3.56. The summed E-state index contributed by atoms with van der Waals surface area (Å²) in [5.74, 6) is 0.967. The predicted octanol–water partition coefficient (Wildman–Crippen LogP) is 3.30. The second-order valence-electron chi connectivity index (χ2n) is 5.22. The normalized spacial score (nSPS) is 12.5. The lowest BCUT2D eigenvalue weighted by molar-refractivity contribution is 0.732. The SMILES string of the molecule is CCC(Nc1cc(C)nc2cc(C)nn12)c1ccncc1. The van der Waals surface area contributed by atoms with Gasteiger partial charge in [-0.05, 0) is 38.0 Å². The van der Waals surface area contributed by atoms with E-state index in [-0.39, 0.29) is 6.04 Å². The number of fused-ring (bicyclic) bond motifs is 1. The summed E-state index contributed by atoms with van der Waals surface area (Å²) in [5, 5.41) is 8.09. The van der Waals surface area contributed by atoms with Crippen molar-refractivity contribution in [3.05, 3.63) is 53.6 Å². The van der Waals surface area contributed by atoms with Crippen LogP contribution in [-0.4, -0.2) is 19.6 Å². The van der Waals surface area contributed by atoms with Gasteiger partial charge in [0, 0.05) is 30.2 Å². The van der Waals surface area contributed by atoms with Gasteiger partial charge in [0.05, 0.1) is 11.7 Å². The minimum absolute atomic E-state index is 0.225. The molecule has 0 bridgehead atoms. The number of pyridine rings is 1. The van der Waals surface area contributed by atoms with Crippen LogP contribution in [0.1, 0.15) is 36.3 Å². The van der Waals surface area contributed by atoms with Crippen LogP contribution in [0.5, 0.6) is 0 Å². The quantitative estimate of drug-likeness (QED) is 0.797. The van der Waals surface area contributed by atoms with E-state index in [0.717, 1.165) is 29.3 Å². The first-order chi connectivity index (χ1) is 10.2. The molecule has 0 amide bonds. The molecule has 3 rings (SSSR count). The molecular weight excluding hydrogens is 262 g/mol. The maximum atomic E-state index is 4.51. The Hall–Kier alpha value is -2.43. The van der Waals surface area contributed by atoms with Crippen molar-refractivity contribution in [2.75, 3.05) is 5.32 Å². The van der Waals surface area contributed by atoms with Gasteiger partial charge in [0.25, 0.3) is 0 Å². The summed E-state index contributed by atoms with van der Waals surface area (Å²) in [5.41, 5.74) is 4.04. The van der Waals surface area contributed by atoms with Crippen LogP contribution in [-0.2, 0) is 0 Å². The van der Waals surface area contributed by atoms with Crippen LogP contribution in [0.4, 0.5) is 5.82 Å². The molecule has 1 atom stereocenters. The highest BCUT2D eigenvalue weighted by atomic mass is 15.3. The third-order valence-corrected chi connectivity index (χ3v) is 3.52. The van der Waals surface area contributed by atoms with Gasteiger partial charge >= 0.3 is 0 Å². The Morgan fingerprint density at radius 3 is 2.62 bits per heavy atom. The number of rotatable bonds is 4. The molecule has 0 aliphatic heterocycles. The van der Waals surface area contributed by atoms with Crippen molar-refractivity contribution in [2.45, 2.75) is 33.2 Å².